The molecule has 0 spiro atoms. The first kappa shape index (κ1) is 20.6. The number of H-pyrrole nitrogens is 1. The molecule has 0 radical (unpaired) electrons. The van der Waals surface area contributed by atoms with Gasteiger partial charge in [-0.05, 0) is 38.5 Å². The van der Waals surface area contributed by atoms with Crippen LogP contribution in [0.5, 0.6) is 5.88 Å². The van der Waals surface area contributed by atoms with Gasteiger partial charge in [0.2, 0.25) is 11.8 Å². The van der Waals surface area contributed by atoms with Crippen LogP contribution in [0, 0.1) is 5.92 Å². The first-order valence-electron chi connectivity index (χ1n) is 9.62. The van der Waals surface area contributed by atoms with Gasteiger partial charge in [-0.15, -0.1) is 0 Å². The highest BCUT2D eigenvalue weighted by atomic mass is 16.5. The van der Waals surface area contributed by atoms with Crippen molar-refractivity contribution in [3.63, 3.8) is 0 Å². The van der Waals surface area contributed by atoms with Crippen molar-refractivity contribution in [3.8, 4) is 5.88 Å². The van der Waals surface area contributed by atoms with Gasteiger partial charge >= 0.3 is 6.09 Å². The number of hydrogen-bond donors (Lipinski definition) is 4. The number of aromatic nitrogens is 4. The molecule has 1 aliphatic carbocycles. The van der Waals surface area contributed by atoms with Crippen molar-refractivity contribution in [2.45, 2.75) is 51.0 Å². The Balaban J connectivity index is 1.48. The quantitative estimate of drug-likeness (QED) is 0.531. The van der Waals surface area contributed by atoms with Crippen molar-refractivity contribution in [3.05, 3.63) is 29.8 Å². The van der Waals surface area contributed by atoms with Gasteiger partial charge in [0, 0.05) is 23.7 Å². The lowest BCUT2D eigenvalue weighted by Gasteiger charge is -2.16. The molecule has 2 aromatic rings. The number of anilines is 1. The minimum Gasteiger partial charge on any atom is -0.480 e. The Bertz CT molecular complexity index is 837. The maximum atomic E-state index is 12.2. The average molecular weight is 402 g/mol. The minimum absolute atomic E-state index is 0.0612. The molecule has 4 N–H and O–H groups in total. The first-order valence-corrected chi connectivity index (χ1v) is 9.62. The smallest absolute Gasteiger partial charge is 0.404 e. The number of methoxy groups -OCH3 is 1. The van der Waals surface area contributed by atoms with Gasteiger partial charge in [0.05, 0.1) is 31.6 Å². The fraction of sp³-hybridized carbons (Fsp3) is 0.526. The molecular weight excluding hydrogens is 376 g/mol. The Labute approximate surface area is 168 Å². The summed E-state index contributed by atoms with van der Waals surface area (Å²) in [5.74, 6) is 1.46. The van der Waals surface area contributed by atoms with Crippen LogP contribution < -0.4 is 15.4 Å². The van der Waals surface area contributed by atoms with E-state index in [1.807, 2.05) is 13.0 Å². The van der Waals surface area contributed by atoms with Gasteiger partial charge in [-0.3, -0.25) is 14.9 Å². The van der Waals surface area contributed by atoms with Gasteiger partial charge in [-0.1, -0.05) is 0 Å². The van der Waals surface area contributed by atoms with E-state index in [-0.39, 0.29) is 18.4 Å². The third-order valence-corrected chi connectivity index (χ3v) is 5.14. The molecule has 29 heavy (non-hydrogen) atoms. The van der Waals surface area contributed by atoms with Crippen LogP contribution in [-0.4, -0.2) is 50.4 Å². The first-order chi connectivity index (χ1) is 13.9. The number of ether oxygens (including phenoxy) is 1. The summed E-state index contributed by atoms with van der Waals surface area (Å²) >= 11 is 0. The summed E-state index contributed by atoms with van der Waals surface area (Å²) < 4.78 is 4.95. The Morgan fingerprint density at radius 2 is 2.17 bits per heavy atom. The third-order valence-electron chi connectivity index (χ3n) is 5.14. The second kappa shape index (κ2) is 9.35. The second-order valence-corrected chi connectivity index (χ2v) is 7.45. The van der Waals surface area contributed by atoms with Gasteiger partial charge < -0.3 is 20.5 Å². The fourth-order valence-electron chi connectivity index (χ4n) is 3.84. The molecule has 1 aliphatic rings. The SMILES string of the molecule is COc1cnc(CC(=O)Nc2cc([C@H]3CC[C@@H](CC(C)NC(=O)O)C3)[nH]n2)cn1. The summed E-state index contributed by atoms with van der Waals surface area (Å²) in [7, 11) is 1.51. The molecule has 0 saturated heterocycles. The second-order valence-electron chi connectivity index (χ2n) is 7.45. The van der Waals surface area contributed by atoms with Crippen LogP contribution >= 0.6 is 0 Å². The van der Waals surface area contributed by atoms with E-state index in [2.05, 4.69) is 30.8 Å². The Kier molecular flexibility index (Phi) is 6.63. The summed E-state index contributed by atoms with van der Waals surface area (Å²) in [5.41, 5.74) is 1.53. The molecule has 3 atom stereocenters. The van der Waals surface area contributed by atoms with Crippen molar-refractivity contribution in [1.29, 1.82) is 0 Å². The molecule has 1 saturated carbocycles. The lowest BCUT2D eigenvalue weighted by atomic mass is 9.96. The monoisotopic (exact) mass is 402 g/mol. The summed E-state index contributed by atoms with van der Waals surface area (Å²) in [6, 6.07) is 1.80. The van der Waals surface area contributed by atoms with Crippen molar-refractivity contribution in [1.82, 2.24) is 25.5 Å². The molecule has 3 rings (SSSR count). The highest BCUT2D eigenvalue weighted by Crippen LogP contribution is 2.40. The summed E-state index contributed by atoms with van der Waals surface area (Å²) in [6.45, 7) is 1.89. The Hall–Kier alpha value is -3.17. The normalized spacial score (nSPS) is 19.5. The van der Waals surface area contributed by atoms with Crippen molar-refractivity contribution >= 4 is 17.8 Å². The Morgan fingerprint density at radius 3 is 2.86 bits per heavy atom. The van der Waals surface area contributed by atoms with Crippen LogP contribution in [0.25, 0.3) is 0 Å². The number of aromatic amines is 1. The summed E-state index contributed by atoms with van der Waals surface area (Å²) in [4.78, 5) is 31.1. The van der Waals surface area contributed by atoms with Gasteiger partial charge in [-0.25, -0.2) is 9.78 Å². The van der Waals surface area contributed by atoms with Crippen LogP contribution in [0.3, 0.4) is 0 Å². The average Bonchev–Trinajstić information content (AvgIpc) is 3.31. The molecule has 0 aliphatic heterocycles. The van der Waals surface area contributed by atoms with Gasteiger partial charge in [-0.2, -0.15) is 5.10 Å². The number of carbonyl (C=O) groups is 2. The molecule has 10 heteroatoms. The van der Waals surface area contributed by atoms with Crippen molar-refractivity contribution in [2.24, 2.45) is 5.92 Å². The zero-order valence-corrected chi connectivity index (χ0v) is 16.5. The van der Waals surface area contributed by atoms with Crippen LogP contribution in [0.15, 0.2) is 18.5 Å². The number of carboxylic acid groups (broad SMARTS) is 1. The maximum Gasteiger partial charge on any atom is 0.404 e. The van der Waals surface area contributed by atoms with E-state index < -0.39 is 6.09 Å². The largest absolute Gasteiger partial charge is 0.480 e. The summed E-state index contributed by atoms with van der Waals surface area (Å²) in [6.07, 6.45) is 5.95. The molecule has 1 fully saturated rings. The minimum atomic E-state index is -0.985. The molecule has 10 nitrogen and oxygen atoms in total. The summed E-state index contributed by atoms with van der Waals surface area (Å²) in [5, 5.41) is 21.3. The predicted molar refractivity (Wildman–Crippen MR) is 105 cm³/mol. The van der Waals surface area contributed by atoms with Crippen LogP contribution in [0.4, 0.5) is 10.6 Å². The highest BCUT2D eigenvalue weighted by Gasteiger charge is 2.28. The number of nitrogens with one attached hydrogen (secondary N) is 3. The maximum absolute atomic E-state index is 12.2. The van der Waals surface area contributed by atoms with Crippen LogP contribution in [0.2, 0.25) is 0 Å². The zero-order valence-electron chi connectivity index (χ0n) is 16.5. The van der Waals surface area contributed by atoms with E-state index in [1.165, 1.54) is 19.5 Å². The topological polar surface area (TPSA) is 142 Å². The number of amides is 2. The van der Waals surface area contributed by atoms with E-state index in [1.54, 1.807) is 0 Å². The fourth-order valence-corrected chi connectivity index (χ4v) is 3.84. The number of carbonyl (C=O) groups excluding carboxylic acids is 1. The molecular formula is C19H26N6O4. The molecule has 2 amide bonds. The molecule has 2 heterocycles. The van der Waals surface area contributed by atoms with E-state index in [4.69, 9.17) is 9.84 Å². The van der Waals surface area contributed by atoms with Crippen LogP contribution in [-0.2, 0) is 11.2 Å². The van der Waals surface area contributed by atoms with E-state index in [0.717, 1.165) is 31.4 Å². The molecule has 156 valence electrons. The lowest BCUT2D eigenvalue weighted by molar-refractivity contribution is -0.115. The van der Waals surface area contributed by atoms with E-state index in [9.17, 15) is 9.59 Å². The van der Waals surface area contributed by atoms with Gasteiger partial charge in [0.15, 0.2) is 5.82 Å². The number of rotatable bonds is 8. The molecule has 1 unspecified atom stereocenters. The van der Waals surface area contributed by atoms with E-state index in [0.29, 0.717) is 29.2 Å². The number of hydrogen-bond acceptors (Lipinski definition) is 6. The van der Waals surface area contributed by atoms with Crippen molar-refractivity contribution in [2.75, 3.05) is 12.4 Å². The van der Waals surface area contributed by atoms with Crippen molar-refractivity contribution < 1.29 is 19.4 Å². The van der Waals surface area contributed by atoms with Crippen LogP contribution in [0.1, 0.15) is 49.9 Å². The highest BCUT2D eigenvalue weighted by molar-refractivity contribution is 5.91. The molecule has 2 aromatic heterocycles. The lowest BCUT2D eigenvalue weighted by Crippen LogP contribution is -2.32. The molecule has 0 bridgehead atoms. The predicted octanol–water partition coefficient (Wildman–Crippen LogP) is 2.32. The molecule has 0 aromatic carbocycles. The zero-order chi connectivity index (χ0) is 20.8. The number of nitrogens with zero attached hydrogens (tertiary/aromatic N) is 3. The van der Waals surface area contributed by atoms with Gasteiger partial charge in [0.1, 0.15) is 0 Å². The van der Waals surface area contributed by atoms with Gasteiger partial charge in [0.25, 0.3) is 0 Å². The Morgan fingerprint density at radius 1 is 1.34 bits per heavy atom. The van der Waals surface area contributed by atoms with E-state index >= 15 is 0 Å². The standard InChI is InChI=1S/C19H26N6O4/c1-11(22-19(27)28)5-12-3-4-13(6-12)15-8-16(25-24-15)23-17(26)7-14-9-21-18(29-2)10-20-14/h8-13,22H,3-7H2,1-2H3,(H,27,28)(H2,23,24,25,26)/t11?,12-,13-/m0/s1. The third kappa shape index (κ3) is 5.90.